The van der Waals surface area contributed by atoms with E-state index in [1.165, 1.54) is 0 Å². The monoisotopic (exact) mass is 374 g/mol. The molecule has 1 saturated heterocycles. The fourth-order valence-corrected chi connectivity index (χ4v) is 3.51. The normalized spacial score (nSPS) is 18.3. The molecule has 1 aliphatic heterocycles. The van der Waals surface area contributed by atoms with Crippen molar-refractivity contribution in [3.05, 3.63) is 28.2 Å². The van der Waals surface area contributed by atoms with Crippen LogP contribution in [0.2, 0.25) is 0 Å². The number of imidazole rings is 1. The molecular weight excluding hydrogens is 359 g/mol. The molecule has 0 spiro atoms. The minimum atomic E-state index is -0.267. The van der Waals surface area contributed by atoms with Gasteiger partial charge in [-0.25, -0.2) is 9.37 Å². The Morgan fingerprint density at radius 1 is 1.43 bits per heavy atom. The third kappa shape index (κ3) is 2.71. The van der Waals surface area contributed by atoms with E-state index in [-0.39, 0.29) is 11.4 Å². The molecule has 2 heterocycles. The molecular formula is C15H17BrClFN2O. The van der Waals surface area contributed by atoms with Crippen molar-refractivity contribution in [2.24, 2.45) is 0 Å². The van der Waals surface area contributed by atoms with Gasteiger partial charge in [-0.05, 0) is 41.8 Å². The summed E-state index contributed by atoms with van der Waals surface area (Å²) in [5, 5.41) is 0. The molecule has 3 rings (SSSR count). The zero-order valence-electron chi connectivity index (χ0n) is 11.8. The van der Waals surface area contributed by atoms with Crippen molar-refractivity contribution in [2.45, 2.75) is 31.7 Å². The highest BCUT2D eigenvalue weighted by Gasteiger charge is 2.33. The van der Waals surface area contributed by atoms with E-state index in [4.69, 9.17) is 16.3 Å². The Hall–Kier alpha value is -0.650. The highest BCUT2D eigenvalue weighted by molar-refractivity contribution is 9.10. The lowest BCUT2D eigenvalue weighted by molar-refractivity contribution is 0.0301. The number of alkyl halides is 1. The van der Waals surface area contributed by atoms with Crippen LogP contribution in [0.5, 0.6) is 0 Å². The summed E-state index contributed by atoms with van der Waals surface area (Å²) in [7, 11) is 0. The Balaban J connectivity index is 2.22. The Kier molecular flexibility index (Phi) is 4.26. The van der Waals surface area contributed by atoms with Crippen molar-refractivity contribution in [3.8, 4) is 0 Å². The number of aromatic nitrogens is 2. The quantitative estimate of drug-likeness (QED) is 0.750. The van der Waals surface area contributed by atoms with Gasteiger partial charge in [0.2, 0.25) is 0 Å². The van der Waals surface area contributed by atoms with E-state index in [2.05, 4.69) is 32.4 Å². The Morgan fingerprint density at radius 3 is 2.81 bits per heavy atom. The number of fused-ring (bicyclic) bond motifs is 1. The third-order valence-corrected chi connectivity index (χ3v) is 4.99. The fourth-order valence-electron chi connectivity index (χ4n) is 3.01. The number of rotatable bonds is 3. The predicted octanol–water partition coefficient (Wildman–Crippen LogP) is 4.24. The zero-order valence-corrected chi connectivity index (χ0v) is 14.2. The molecule has 0 radical (unpaired) electrons. The number of nitrogens with zero attached hydrogens (tertiary/aromatic N) is 2. The minimum Gasteiger partial charge on any atom is -0.381 e. The lowest BCUT2D eigenvalue weighted by atomic mass is 9.91. The van der Waals surface area contributed by atoms with E-state index in [1.54, 1.807) is 12.1 Å². The second kappa shape index (κ2) is 5.86. The van der Waals surface area contributed by atoms with Gasteiger partial charge in [-0.15, -0.1) is 11.6 Å². The summed E-state index contributed by atoms with van der Waals surface area (Å²) in [6.45, 7) is 3.62. The van der Waals surface area contributed by atoms with E-state index >= 15 is 0 Å². The number of hydrogen-bond donors (Lipinski definition) is 0. The first-order valence-corrected chi connectivity index (χ1v) is 8.38. The van der Waals surface area contributed by atoms with E-state index < -0.39 is 0 Å². The van der Waals surface area contributed by atoms with Crippen LogP contribution < -0.4 is 0 Å². The van der Waals surface area contributed by atoms with E-state index in [9.17, 15) is 4.39 Å². The molecule has 0 amide bonds. The first-order chi connectivity index (χ1) is 10.0. The summed E-state index contributed by atoms with van der Waals surface area (Å²) in [5.74, 6) is 1.15. The maximum absolute atomic E-state index is 14.0. The van der Waals surface area contributed by atoms with E-state index in [0.29, 0.717) is 16.8 Å². The summed E-state index contributed by atoms with van der Waals surface area (Å²) in [6, 6.07) is 3.30. The highest BCUT2D eigenvalue weighted by Crippen LogP contribution is 2.35. The van der Waals surface area contributed by atoms with Gasteiger partial charge in [-0.1, -0.05) is 0 Å². The van der Waals surface area contributed by atoms with Gasteiger partial charge in [0.1, 0.15) is 11.6 Å². The topological polar surface area (TPSA) is 27.1 Å². The summed E-state index contributed by atoms with van der Waals surface area (Å²) in [5.41, 5.74) is 1.53. The molecule has 114 valence electrons. The summed E-state index contributed by atoms with van der Waals surface area (Å²) < 4.78 is 22.1. The second-order valence-corrected chi connectivity index (χ2v) is 6.90. The number of hydrogen-bond acceptors (Lipinski definition) is 2. The molecule has 1 aromatic carbocycles. The zero-order chi connectivity index (χ0) is 15.0. The average Bonchev–Trinajstić information content (AvgIpc) is 2.78. The van der Waals surface area contributed by atoms with Crippen molar-refractivity contribution in [1.29, 1.82) is 0 Å². The molecule has 2 aromatic rings. The molecule has 3 nitrogen and oxygen atoms in total. The van der Waals surface area contributed by atoms with Crippen molar-refractivity contribution >= 4 is 38.6 Å². The summed E-state index contributed by atoms with van der Waals surface area (Å²) >= 11 is 9.15. The Bertz CT molecular complexity index is 667. The molecule has 6 heteroatoms. The SMILES string of the molecule is CC1(n2c(CCCl)nc3cc(Br)c(F)cc32)CCOCC1. The molecule has 1 aliphatic rings. The van der Waals surface area contributed by atoms with Crippen LogP contribution in [0.15, 0.2) is 16.6 Å². The molecule has 1 aromatic heterocycles. The third-order valence-electron chi connectivity index (χ3n) is 4.19. The number of halogens is 3. The molecule has 0 unspecified atom stereocenters. The van der Waals surface area contributed by atoms with Crippen LogP contribution in [0.4, 0.5) is 4.39 Å². The lowest BCUT2D eigenvalue weighted by Crippen LogP contribution is -2.37. The van der Waals surface area contributed by atoms with Crippen LogP contribution in [-0.2, 0) is 16.7 Å². The van der Waals surface area contributed by atoms with Gasteiger partial charge in [0.05, 0.1) is 15.5 Å². The van der Waals surface area contributed by atoms with Crippen molar-refractivity contribution in [2.75, 3.05) is 19.1 Å². The molecule has 1 fully saturated rings. The maximum atomic E-state index is 14.0. The molecule has 0 N–H and O–H groups in total. The maximum Gasteiger partial charge on any atom is 0.139 e. The average molecular weight is 376 g/mol. The molecule has 0 bridgehead atoms. The van der Waals surface area contributed by atoms with Crippen LogP contribution in [0, 0.1) is 5.82 Å². The van der Waals surface area contributed by atoms with Gasteiger partial charge in [0.25, 0.3) is 0 Å². The minimum absolute atomic E-state index is 0.103. The lowest BCUT2D eigenvalue weighted by Gasteiger charge is -2.36. The standard InChI is InChI=1S/C15H17BrClFN2O/c1-15(3-6-21-7-4-15)20-13-9-11(18)10(16)8-12(13)19-14(20)2-5-17/h8-9H,2-7H2,1H3. The number of aryl methyl sites for hydroxylation is 1. The Morgan fingerprint density at radius 2 is 2.14 bits per heavy atom. The van der Waals surface area contributed by atoms with Crippen molar-refractivity contribution < 1.29 is 9.13 Å². The molecule has 21 heavy (non-hydrogen) atoms. The van der Waals surface area contributed by atoms with E-state index in [1.807, 2.05) is 0 Å². The predicted molar refractivity (Wildman–Crippen MR) is 85.5 cm³/mol. The van der Waals surface area contributed by atoms with Gasteiger partial charge >= 0.3 is 0 Å². The van der Waals surface area contributed by atoms with Gasteiger partial charge in [0.15, 0.2) is 0 Å². The van der Waals surface area contributed by atoms with Gasteiger partial charge < -0.3 is 9.30 Å². The highest BCUT2D eigenvalue weighted by atomic mass is 79.9. The van der Waals surface area contributed by atoms with Gasteiger partial charge in [0, 0.05) is 37.1 Å². The van der Waals surface area contributed by atoms with Gasteiger partial charge in [-0.2, -0.15) is 0 Å². The van der Waals surface area contributed by atoms with Crippen molar-refractivity contribution in [1.82, 2.24) is 9.55 Å². The Labute approximate surface area is 136 Å². The number of ether oxygens (including phenoxy) is 1. The van der Waals surface area contributed by atoms with Crippen LogP contribution in [0.1, 0.15) is 25.6 Å². The second-order valence-electron chi connectivity index (χ2n) is 5.67. The smallest absolute Gasteiger partial charge is 0.139 e. The number of benzene rings is 1. The molecule has 0 atom stereocenters. The molecule has 0 aliphatic carbocycles. The van der Waals surface area contributed by atoms with Crippen LogP contribution in [0.25, 0.3) is 11.0 Å². The van der Waals surface area contributed by atoms with Gasteiger partial charge in [-0.3, -0.25) is 0 Å². The van der Waals surface area contributed by atoms with Crippen LogP contribution in [0.3, 0.4) is 0 Å². The first-order valence-electron chi connectivity index (χ1n) is 7.06. The van der Waals surface area contributed by atoms with E-state index in [0.717, 1.165) is 42.9 Å². The van der Waals surface area contributed by atoms with Crippen LogP contribution in [-0.4, -0.2) is 28.6 Å². The fraction of sp³-hybridized carbons (Fsp3) is 0.533. The first kappa shape index (κ1) is 15.3. The van der Waals surface area contributed by atoms with Crippen LogP contribution >= 0.6 is 27.5 Å². The largest absolute Gasteiger partial charge is 0.381 e. The van der Waals surface area contributed by atoms with Crippen molar-refractivity contribution in [3.63, 3.8) is 0 Å². The summed E-state index contributed by atoms with van der Waals surface area (Å²) in [6.07, 6.45) is 2.46. The molecule has 0 saturated carbocycles. The summed E-state index contributed by atoms with van der Waals surface area (Å²) in [4.78, 5) is 4.67.